The molecule has 0 aliphatic rings. The molecule has 7 nitrogen and oxygen atoms in total. The lowest BCUT2D eigenvalue weighted by Crippen LogP contribution is -2.10. The third-order valence-corrected chi connectivity index (χ3v) is 1.78. The Balaban J connectivity index is 3.12. The van der Waals surface area contributed by atoms with Crippen molar-refractivity contribution < 1.29 is 14.3 Å². The van der Waals surface area contributed by atoms with E-state index in [2.05, 4.69) is 20.2 Å². The van der Waals surface area contributed by atoms with Gasteiger partial charge in [-0.15, -0.1) is 0 Å². The lowest BCUT2D eigenvalue weighted by Gasteiger charge is -2.06. The average Bonchev–Trinajstić information content (AvgIpc) is 2.29. The van der Waals surface area contributed by atoms with Gasteiger partial charge < -0.3 is 10.1 Å². The van der Waals surface area contributed by atoms with Crippen LogP contribution < -0.4 is 5.32 Å². The van der Waals surface area contributed by atoms with Crippen LogP contribution in [-0.4, -0.2) is 24.5 Å². The summed E-state index contributed by atoms with van der Waals surface area (Å²) in [6, 6.07) is 2.87. The Bertz CT molecular complexity index is 419. The Kier molecular flexibility index (Phi) is 4.07. The van der Waals surface area contributed by atoms with E-state index in [1.165, 1.54) is 19.2 Å². The number of amides is 1. The number of aromatic nitrogens is 1. The fourth-order valence-corrected chi connectivity index (χ4v) is 1.09. The van der Waals surface area contributed by atoms with Gasteiger partial charge in [0.1, 0.15) is 17.9 Å². The van der Waals surface area contributed by atoms with Crippen LogP contribution in [0.2, 0.25) is 0 Å². The van der Waals surface area contributed by atoms with E-state index in [0.29, 0.717) is 12.1 Å². The van der Waals surface area contributed by atoms with E-state index in [1.54, 1.807) is 0 Å². The predicted molar refractivity (Wildman–Crippen MR) is 54.8 cm³/mol. The summed E-state index contributed by atoms with van der Waals surface area (Å²) in [5, 5.41) is 4.91. The number of esters is 1. The van der Waals surface area contributed by atoms with Crippen LogP contribution in [0.15, 0.2) is 17.3 Å². The van der Waals surface area contributed by atoms with Gasteiger partial charge in [-0.3, -0.25) is 4.79 Å². The fourth-order valence-electron chi connectivity index (χ4n) is 1.09. The van der Waals surface area contributed by atoms with Crippen LogP contribution >= 0.6 is 0 Å². The molecule has 1 aromatic heterocycles. The highest BCUT2D eigenvalue weighted by atomic mass is 16.5. The summed E-state index contributed by atoms with van der Waals surface area (Å²) in [6.07, 6.45) is 0.382. The highest BCUT2D eigenvalue weighted by Gasteiger charge is 2.13. The van der Waals surface area contributed by atoms with E-state index in [1.807, 2.05) is 0 Å². The summed E-state index contributed by atoms with van der Waals surface area (Å²) in [7, 11) is 1.22. The van der Waals surface area contributed by atoms with Crippen molar-refractivity contribution in [3.63, 3.8) is 0 Å². The number of pyridine rings is 1. The van der Waals surface area contributed by atoms with Crippen molar-refractivity contribution in [2.75, 3.05) is 12.4 Å². The van der Waals surface area contributed by atoms with Gasteiger partial charge in [-0.25, -0.2) is 9.78 Å². The second kappa shape index (κ2) is 5.54. The van der Waals surface area contributed by atoms with Crippen molar-refractivity contribution in [1.29, 1.82) is 0 Å². The zero-order chi connectivity index (χ0) is 12.0. The van der Waals surface area contributed by atoms with E-state index in [0.717, 1.165) is 0 Å². The third-order valence-electron chi connectivity index (χ3n) is 1.78. The normalized spacial score (nSPS) is 9.31. The highest BCUT2D eigenvalue weighted by molar-refractivity contribution is 5.96. The molecule has 1 aromatic rings. The first-order valence-corrected chi connectivity index (χ1v) is 4.30. The smallest absolute Gasteiger partial charge is 0.341 e. The molecule has 0 aromatic carbocycles. The van der Waals surface area contributed by atoms with E-state index in [9.17, 15) is 14.5 Å². The van der Waals surface area contributed by atoms with Gasteiger partial charge in [0, 0.05) is 0 Å². The second-order valence-electron chi connectivity index (χ2n) is 2.74. The summed E-state index contributed by atoms with van der Waals surface area (Å²) in [6.45, 7) is -0.130. The Morgan fingerprint density at radius 1 is 1.62 bits per heavy atom. The number of hydrogen-bond acceptors (Lipinski definition) is 6. The number of rotatable bonds is 5. The molecule has 0 saturated heterocycles. The maximum absolute atomic E-state index is 11.3. The van der Waals surface area contributed by atoms with Crippen LogP contribution in [0.4, 0.5) is 5.82 Å². The molecule has 1 N–H and O–H groups in total. The van der Waals surface area contributed by atoms with Crippen molar-refractivity contribution in [3.05, 3.63) is 28.3 Å². The standard InChI is InChI=1S/C9H9N3O4/c1-16-9(14)7-3-2-6(4-11-15)12-8(7)10-5-13/h2-3,5H,4H2,1H3,(H,10,12,13). The molecule has 7 heteroatoms. The Morgan fingerprint density at radius 3 is 2.94 bits per heavy atom. The molecule has 0 atom stereocenters. The van der Waals surface area contributed by atoms with Crippen molar-refractivity contribution in [2.24, 2.45) is 5.18 Å². The molecule has 0 aliphatic heterocycles. The van der Waals surface area contributed by atoms with Crippen molar-refractivity contribution in [3.8, 4) is 0 Å². The van der Waals surface area contributed by atoms with Gasteiger partial charge in [0.25, 0.3) is 0 Å². The zero-order valence-electron chi connectivity index (χ0n) is 8.47. The maximum Gasteiger partial charge on any atom is 0.341 e. The lowest BCUT2D eigenvalue weighted by molar-refractivity contribution is -0.105. The van der Waals surface area contributed by atoms with Gasteiger partial charge in [-0.05, 0) is 12.1 Å². The van der Waals surface area contributed by atoms with E-state index in [4.69, 9.17) is 0 Å². The van der Waals surface area contributed by atoms with Crippen LogP contribution in [0, 0.1) is 4.91 Å². The Morgan fingerprint density at radius 2 is 2.38 bits per heavy atom. The molecular formula is C9H9N3O4. The van der Waals surface area contributed by atoms with Crippen molar-refractivity contribution in [2.45, 2.75) is 6.54 Å². The topological polar surface area (TPSA) is 97.7 Å². The van der Waals surface area contributed by atoms with Gasteiger partial charge >= 0.3 is 5.97 Å². The largest absolute Gasteiger partial charge is 0.465 e. The van der Waals surface area contributed by atoms with E-state index >= 15 is 0 Å². The first kappa shape index (κ1) is 11.8. The van der Waals surface area contributed by atoms with Crippen molar-refractivity contribution in [1.82, 2.24) is 4.98 Å². The first-order valence-electron chi connectivity index (χ1n) is 4.30. The number of methoxy groups -OCH3 is 1. The number of ether oxygens (including phenoxy) is 1. The Labute approximate surface area is 90.8 Å². The molecule has 0 spiro atoms. The number of carbonyl (C=O) groups excluding carboxylic acids is 2. The minimum Gasteiger partial charge on any atom is -0.465 e. The highest BCUT2D eigenvalue weighted by Crippen LogP contribution is 2.14. The quantitative estimate of drug-likeness (QED) is 0.450. The molecule has 1 amide bonds. The summed E-state index contributed by atoms with van der Waals surface area (Å²) in [5.41, 5.74) is 0.469. The van der Waals surface area contributed by atoms with Gasteiger partial charge in [0.2, 0.25) is 6.41 Å². The van der Waals surface area contributed by atoms with E-state index < -0.39 is 5.97 Å². The summed E-state index contributed by atoms with van der Waals surface area (Å²) in [5.74, 6) is -0.578. The van der Waals surface area contributed by atoms with Gasteiger partial charge in [0.15, 0.2) is 0 Å². The van der Waals surface area contributed by atoms with Crippen LogP contribution in [0.5, 0.6) is 0 Å². The van der Waals surface area contributed by atoms with Gasteiger partial charge in [-0.2, -0.15) is 4.91 Å². The number of nitroso groups, excluding NO2 is 1. The minimum atomic E-state index is -0.623. The summed E-state index contributed by atoms with van der Waals surface area (Å²) >= 11 is 0. The average molecular weight is 223 g/mol. The van der Waals surface area contributed by atoms with E-state index in [-0.39, 0.29) is 17.9 Å². The molecule has 0 bridgehead atoms. The number of anilines is 1. The molecule has 0 aliphatic carbocycles. The van der Waals surface area contributed by atoms with Crippen LogP contribution in [0.3, 0.4) is 0 Å². The third kappa shape index (κ3) is 2.59. The molecule has 0 radical (unpaired) electrons. The zero-order valence-corrected chi connectivity index (χ0v) is 8.47. The SMILES string of the molecule is COC(=O)c1ccc(CN=O)nc1NC=O. The fraction of sp³-hybridized carbons (Fsp3) is 0.222. The van der Waals surface area contributed by atoms with Crippen LogP contribution in [0.25, 0.3) is 0 Å². The molecule has 0 unspecified atom stereocenters. The van der Waals surface area contributed by atoms with Crippen LogP contribution in [0.1, 0.15) is 16.1 Å². The molecule has 1 heterocycles. The monoisotopic (exact) mass is 223 g/mol. The molecule has 0 fully saturated rings. The lowest BCUT2D eigenvalue weighted by atomic mass is 10.2. The maximum atomic E-state index is 11.3. The molecule has 1 rings (SSSR count). The number of nitrogens with one attached hydrogen (secondary N) is 1. The molecule has 84 valence electrons. The number of carbonyl (C=O) groups is 2. The first-order chi connectivity index (χ1) is 7.72. The van der Waals surface area contributed by atoms with Gasteiger partial charge in [0.05, 0.1) is 12.8 Å². The van der Waals surface area contributed by atoms with Crippen molar-refractivity contribution >= 4 is 18.2 Å². The van der Waals surface area contributed by atoms with Crippen LogP contribution in [-0.2, 0) is 16.1 Å². The number of hydrogen-bond donors (Lipinski definition) is 1. The molecule has 16 heavy (non-hydrogen) atoms. The number of nitrogens with zero attached hydrogens (tertiary/aromatic N) is 2. The second-order valence-corrected chi connectivity index (χ2v) is 2.74. The molecule has 0 saturated carbocycles. The summed E-state index contributed by atoms with van der Waals surface area (Å²) in [4.78, 5) is 35.5. The predicted octanol–water partition coefficient (Wildman–Crippen LogP) is 0.703. The summed E-state index contributed by atoms with van der Waals surface area (Å²) < 4.78 is 4.50. The van der Waals surface area contributed by atoms with Gasteiger partial charge in [-0.1, -0.05) is 5.18 Å². The molecular weight excluding hydrogens is 214 g/mol. The minimum absolute atomic E-state index is 0.0444. The Hall–Kier alpha value is -2.31.